The number of carbonyl (C=O) groups is 1. The number of hydrogen-bond donors (Lipinski definition) is 1. The van der Waals surface area contributed by atoms with Crippen molar-refractivity contribution in [2.45, 2.75) is 13.0 Å². The number of para-hydroxylation sites is 1. The van der Waals surface area contributed by atoms with Gasteiger partial charge >= 0.3 is 0 Å². The molecule has 4 rings (SSSR count). The van der Waals surface area contributed by atoms with Gasteiger partial charge in [-0.2, -0.15) is 0 Å². The van der Waals surface area contributed by atoms with Gasteiger partial charge in [0, 0.05) is 43.6 Å². The first-order chi connectivity index (χ1) is 12.7. The lowest BCUT2D eigenvalue weighted by Gasteiger charge is -2.38. The number of rotatable bonds is 4. The van der Waals surface area contributed by atoms with Gasteiger partial charge in [-0.1, -0.05) is 18.2 Å². The van der Waals surface area contributed by atoms with Crippen LogP contribution in [0.25, 0.3) is 0 Å². The van der Waals surface area contributed by atoms with Gasteiger partial charge in [-0.25, -0.2) is 0 Å². The Kier molecular flexibility index (Phi) is 4.67. The fourth-order valence-electron chi connectivity index (χ4n) is 3.39. The molecule has 136 valence electrons. The molecule has 2 aliphatic rings. The van der Waals surface area contributed by atoms with E-state index in [1.807, 2.05) is 25.1 Å². The van der Waals surface area contributed by atoms with E-state index in [0.717, 1.165) is 31.9 Å². The Hall–Kier alpha value is -2.73. The van der Waals surface area contributed by atoms with Gasteiger partial charge in [0.2, 0.25) is 12.7 Å². The molecular weight excluding hydrogens is 330 g/mol. The van der Waals surface area contributed by atoms with Crippen molar-refractivity contribution >= 4 is 17.3 Å². The molecule has 2 aromatic rings. The largest absolute Gasteiger partial charge is 0.454 e. The van der Waals surface area contributed by atoms with Crippen LogP contribution in [0.15, 0.2) is 48.5 Å². The highest BCUT2D eigenvalue weighted by Gasteiger charge is 2.26. The maximum atomic E-state index is 12.6. The molecule has 6 heteroatoms. The molecule has 2 aromatic carbocycles. The van der Waals surface area contributed by atoms with Crippen LogP contribution in [0.2, 0.25) is 0 Å². The molecule has 0 spiro atoms. The van der Waals surface area contributed by atoms with E-state index in [0.29, 0.717) is 11.5 Å². The van der Waals surface area contributed by atoms with Gasteiger partial charge in [-0.05, 0) is 31.2 Å². The topological polar surface area (TPSA) is 54.0 Å². The fraction of sp³-hybridized carbons (Fsp3) is 0.350. The van der Waals surface area contributed by atoms with Crippen molar-refractivity contribution in [1.82, 2.24) is 4.90 Å². The number of nitrogens with zero attached hydrogens (tertiary/aromatic N) is 2. The normalized spacial score (nSPS) is 17.8. The minimum absolute atomic E-state index is 0.00275. The third kappa shape index (κ3) is 3.46. The summed E-state index contributed by atoms with van der Waals surface area (Å²) in [7, 11) is 0. The van der Waals surface area contributed by atoms with Crippen molar-refractivity contribution in [2.24, 2.45) is 0 Å². The van der Waals surface area contributed by atoms with Crippen LogP contribution in [0, 0.1) is 0 Å². The van der Waals surface area contributed by atoms with Crippen LogP contribution >= 0.6 is 0 Å². The van der Waals surface area contributed by atoms with E-state index in [9.17, 15) is 4.79 Å². The van der Waals surface area contributed by atoms with E-state index in [1.165, 1.54) is 5.69 Å². The zero-order valence-electron chi connectivity index (χ0n) is 14.9. The van der Waals surface area contributed by atoms with E-state index in [2.05, 4.69) is 39.4 Å². The van der Waals surface area contributed by atoms with E-state index >= 15 is 0 Å². The lowest BCUT2D eigenvalue weighted by atomic mass is 10.2. The third-order valence-corrected chi connectivity index (χ3v) is 5.00. The van der Waals surface area contributed by atoms with Gasteiger partial charge in [0.05, 0.1) is 6.04 Å². The van der Waals surface area contributed by atoms with Gasteiger partial charge in [-0.15, -0.1) is 0 Å². The standard InChI is InChI=1S/C20H23N3O3/c1-15(20(24)21-16-7-8-18-19(13-16)26-14-25-18)22-9-11-23(12-10-22)17-5-3-2-4-6-17/h2-8,13,15H,9-12,14H2,1H3,(H,21,24). The Morgan fingerprint density at radius 1 is 1.00 bits per heavy atom. The zero-order valence-corrected chi connectivity index (χ0v) is 14.9. The van der Waals surface area contributed by atoms with Gasteiger partial charge < -0.3 is 19.7 Å². The number of benzene rings is 2. The number of carbonyl (C=O) groups excluding carboxylic acids is 1. The number of ether oxygens (including phenoxy) is 2. The van der Waals surface area contributed by atoms with Crippen LogP contribution in [-0.4, -0.2) is 49.8 Å². The predicted octanol–water partition coefficient (Wildman–Crippen LogP) is 2.56. The summed E-state index contributed by atoms with van der Waals surface area (Å²) in [6.45, 7) is 5.77. The maximum Gasteiger partial charge on any atom is 0.241 e. The first kappa shape index (κ1) is 16.7. The minimum atomic E-state index is -0.182. The molecule has 1 unspecified atom stereocenters. The zero-order chi connectivity index (χ0) is 17.9. The Morgan fingerprint density at radius 3 is 2.50 bits per heavy atom. The van der Waals surface area contributed by atoms with Crippen molar-refractivity contribution in [2.75, 3.05) is 43.2 Å². The molecule has 1 atom stereocenters. The average molecular weight is 353 g/mol. The van der Waals surface area contributed by atoms with Crippen LogP contribution in [0.1, 0.15) is 6.92 Å². The second-order valence-corrected chi connectivity index (χ2v) is 6.59. The number of piperazine rings is 1. The molecule has 2 heterocycles. The highest BCUT2D eigenvalue weighted by molar-refractivity contribution is 5.94. The quantitative estimate of drug-likeness (QED) is 0.916. The van der Waals surface area contributed by atoms with Crippen LogP contribution in [0.5, 0.6) is 11.5 Å². The number of fused-ring (bicyclic) bond motifs is 1. The van der Waals surface area contributed by atoms with Crippen molar-refractivity contribution in [1.29, 1.82) is 0 Å². The van der Waals surface area contributed by atoms with Gasteiger partial charge in [-0.3, -0.25) is 9.69 Å². The summed E-state index contributed by atoms with van der Waals surface area (Å²) in [5, 5.41) is 2.98. The molecule has 0 aromatic heterocycles. The van der Waals surface area contributed by atoms with E-state index in [-0.39, 0.29) is 18.7 Å². The fourth-order valence-corrected chi connectivity index (χ4v) is 3.39. The van der Waals surface area contributed by atoms with Gasteiger partial charge in [0.15, 0.2) is 11.5 Å². The lowest BCUT2D eigenvalue weighted by Crippen LogP contribution is -2.52. The SMILES string of the molecule is CC(C(=O)Nc1ccc2c(c1)OCO2)N1CCN(c2ccccc2)CC1. The number of amides is 1. The molecule has 2 aliphatic heterocycles. The summed E-state index contributed by atoms with van der Waals surface area (Å²) in [5.74, 6) is 1.39. The summed E-state index contributed by atoms with van der Waals surface area (Å²) in [6.07, 6.45) is 0. The van der Waals surface area contributed by atoms with E-state index in [4.69, 9.17) is 9.47 Å². The maximum absolute atomic E-state index is 12.6. The molecule has 0 saturated carbocycles. The molecular formula is C20H23N3O3. The Labute approximate surface area is 153 Å². The summed E-state index contributed by atoms with van der Waals surface area (Å²) < 4.78 is 10.7. The van der Waals surface area contributed by atoms with E-state index < -0.39 is 0 Å². The van der Waals surface area contributed by atoms with Crippen LogP contribution < -0.4 is 19.7 Å². The molecule has 0 aliphatic carbocycles. The molecule has 1 fully saturated rings. The van der Waals surface area contributed by atoms with Crippen molar-refractivity contribution in [3.8, 4) is 11.5 Å². The molecule has 6 nitrogen and oxygen atoms in total. The molecule has 0 bridgehead atoms. The second-order valence-electron chi connectivity index (χ2n) is 6.59. The Bertz CT molecular complexity index is 773. The van der Waals surface area contributed by atoms with Crippen molar-refractivity contribution in [3.63, 3.8) is 0 Å². The van der Waals surface area contributed by atoms with Crippen molar-refractivity contribution < 1.29 is 14.3 Å². The monoisotopic (exact) mass is 353 g/mol. The predicted molar refractivity (Wildman–Crippen MR) is 101 cm³/mol. The third-order valence-electron chi connectivity index (χ3n) is 5.00. The Morgan fingerprint density at radius 2 is 1.73 bits per heavy atom. The molecule has 26 heavy (non-hydrogen) atoms. The first-order valence-electron chi connectivity index (χ1n) is 8.95. The van der Waals surface area contributed by atoms with Gasteiger partial charge in [0.1, 0.15) is 0 Å². The van der Waals surface area contributed by atoms with Crippen LogP contribution in [0.4, 0.5) is 11.4 Å². The number of nitrogens with one attached hydrogen (secondary N) is 1. The molecule has 1 N–H and O–H groups in total. The van der Waals surface area contributed by atoms with Crippen molar-refractivity contribution in [3.05, 3.63) is 48.5 Å². The van der Waals surface area contributed by atoms with Crippen LogP contribution in [-0.2, 0) is 4.79 Å². The number of anilines is 2. The Balaban J connectivity index is 1.33. The van der Waals surface area contributed by atoms with Gasteiger partial charge in [0.25, 0.3) is 0 Å². The molecule has 1 amide bonds. The smallest absolute Gasteiger partial charge is 0.241 e. The summed E-state index contributed by atoms with van der Waals surface area (Å²) in [6, 6.07) is 15.7. The van der Waals surface area contributed by atoms with E-state index in [1.54, 1.807) is 6.07 Å². The minimum Gasteiger partial charge on any atom is -0.454 e. The first-order valence-corrected chi connectivity index (χ1v) is 8.95. The number of hydrogen-bond acceptors (Lipinski definition) is 5. The summed E-state index contributed by atoms with van der Waals surface area (Å²) in [5.41, 5.74) is 1.97. The van der Waals surface area contributed by atoms with Crippen LogP contribution in [0.3, 0.4) is 0 Å². The average Bonchev–Trinajstić information content (AvgIpc) is 3.16. The second kappa shape index (κ2) is 7.25. The lowest BCUT2D eigenvalue weighted by molar-refractivity contribution is -0.120. The molecule has 1 saturated heterocycles. The highest BCUT2D eigenvalue weighted by Crippen LogP contribution is 2.34. The summed E-state index contributed by atoms with van der Waals surface area (Å²) in [4.78, 5) is 17.2. The molecule has 0 radical (unpaired) electrons. The highest BCUT2D eigenvalue weighted by atomic mass is 16.7. The summed E-state index contributed by atoms with van der Waals surface area (Å²) >= 11 is 0.